The van der Waals surface area contributed by atoms with E-state index < -0.39 is 10.0 Å². The van der Waals surface area contributed by atoms with E-state index >= 15 is 0 Å². The quantitative estimate of drug-likeness (QED) is 0.744. The van der Waals surface area contributed by atoms with Crippen molar-refractivity contribution in [2.45, 2.75) is 16.8 Å². The summed E-state index contributed by atoms with van der Waals surface area (Å²) in [7, 11) is -2.01. The highest BCUT2D eigenvalue weighted by molar-refractivity contribution is 9.10. The second-order valence-electron chi connectivity index (χ2n) is 3.56. The minimum absolute atomic E-state index is 0.0678. The summed E-state index contributed by atoms with van der Waals surface area (Å²) in [5.41, 5.74) is 0. The molecule has 1 fully saturated rings. The van der Waals surface area contributed by atoms with Crippen LogP contribution in [-0.4, -0.2) is 46.2 Å². The molecular weight excluding hydrogens is 320 g/mol. The van der Waals surface area contributed by atoms with Gasteiger partial charge in [0.25, 0.3) is 10.0 Å². The first-order valence-electron chi connectivity index (χ1n) is 4.62. The molecule has 9 heteroatoms. The van der Waals surface area contributed by atoms with E-state index in [1.54, 1.807) is 7.05 Å². The van der Waals surface area contributed by atoms with Crippen LogP contribution in [0.2, 0.25) is 0 Å². The van der Waals surface area contributed by atoms with Gasteiger partial charge in [-0.2, -0.15) is 4.31 Å². The van der Waals surface area contributed by atoms with Gasteiger partial charge >= 0.3 is 0 Å². The van der Waals surface area contributed by atoms with Crippen molar-refractivity contribution in [2.24, 2.45) is 7.05 Å². The number of alkyl halides is 1. The molecule has 90 valence electrons. The van der Waals surface area contributed by atoms with Gasteiger partial charge in [0.1, 0.15) is 0 Å². The Balaban J connectivity index is 2.40. The molecule has 2 rings (SSSR count). The van der Waals surface area contributed by atoms with Crippen molar-refractivity contribution >= 4 is 37.6 Å². The molecular formula is C7H10BrClN4O2S. The fourth-order valence-electron chi connectivity index (χ4n) is 1.62. The minimum Gasteiger partial charge on any atom is -0.235 e. The van der Waals surface area contributed by atoms with E-state index in [1.807, 2.05) is 0 Å². The summed E-state index contributed by atoms with van der Waals surface area (Å²) < 4.78 is 27.3. The predicted molar refractivity (Wildman–Crippen MR) is 61.7 cm³/mol. The van der Waals surface area contributed by atoms with Crippen LogP contribution >= 0.6 is 27.5 Å². The molecule has 0 aromatic carbocycles. The number of aryl methyl sites for hydroxylation is 1. The predicted octanol–water partition coefficient (Wildman–Crippen LogP) is 0.579. The summed E-state index contributed by atoms with van der Waals surface area (Å²) in [6.45, 7) is 0.773. The Morgan fingerprint density at radius 1 is 1.56 bits per heavy atom. The molecule has 1 aliphatic heterocycles. The van der Waals surface area contributed by atoms with Crippen LogP contribution in [0.4, 0.5) is 0 Å². The molecule has 0 saturated carbocycles. The molecule has 0 bridgehead atoms. The lowest BCUT2D eigenvalue weighted by Crippen LogP contribution is -2.30. The smallest absolute Gasteiger partial charge is 0.235 e. The maximum absolute atomic E-state index is 12.2. The molecule has 1 aliphatic rings. The lowest BCUT2D eigenvalue weighted by atomic mass is 10.4. The van der Waals surface area contributed by atoms with Crippen molar-refractivity contribution < 1.29 is 8.42 Å². The highest BCUT2D eigenvalue weighted by atomic mass is 79.9. The zero-order valence-electron chi connectivity index (χ0n) is 8.47. The molecule has 1 aromatic rings. The van der Waals surface area contributed by atoms with E-state index in [0.29, 0.717) is 19.5 Å². The summed E-state index contributed by atoms with van der Waals surface area (Å²) in [5.74, 6) is 0. The van der Waals surface area contributed by atoms with Crippen LogP contribution in [0.1, 0.15) is 6.42 Å². The third kappa shape index (κ3) is 1.99. The van der Waals surface area contributed by atoms with Crippen LogP contribution in [0, 0.1) is 0 Å². The SMILES string of the molecule is Cn1nnc(Br)c1S(=O)(=O)N1CCC(Cl)C1. The van der Waals surface area contributed by atoms with Gasteiger partial charge in [0.2, 0.25) is 5.03 Å². The lowest BCUT2D eigenvalue weighted by Gasteiger charge is -2.15. The molecule has 0 amide bonds. The molecule has 1 atom stereocenters. The third-order valence-corrected chi connectivity index (χ3v) is 5.53. The highest BCUT2D eigenvalue weighted by Crippen LogP contribution is 2.26. The van der Waals surface area contributed by atoms with Crippen LogP contribution in [0.5, 0.6) is 0 Å². The largest absolute Gasteiger partial charge is 0.263 e. The van der Waals surface area contributed by atoms with Crippen molar-refractivity contribution in [1.82, 2.24) is 19.3 Å². The zero-order valence-corrected chi connectivity index (χ0v) is 11.6. The molecule has 0 N–H and O–H groups in total. The van der Waals surface area contributed by atoms with Crippen LogP contribution in [0.25, 0.3) is 0 Å². The Labute approximate surface area is 107 Å². The third-order valence-electron chi connectivity index (χ3n) is 2.41. The van der Waals surface area contributed by atoms with Crippen molar-refractivity contribution in [2.75, 3.05) is 13.1 Å². The summed E-state index contributed by atoms with van der Waals surface area (Å²) in [6.07, 6.45) is 0.670. The van der Waals surface area contributed by atoms with E-state index in [0.717, 1.165) is 0 Å². The maximum atomic E-state index is 12.2. The first kappa shape index (κ1) is 12.3. The zero-order chi connectivity index (χ0) is 11.9. The van der Waals surface area contributed by atoms with Gasteiger partial charge in [0, 0.05) is 25.5 Å². The number of hydrogen-bond donors (Lipinski definition) is 0. The average Bonchev–Trinajstić information content (AvgIpc) is 2.74. The van der Waals surface area contributed by atoms with Crippen molar-refractivity contribution in [3.63, 3.8) is 0 Å². The number of sulfonamides is 1. The first-order chi connectivity index (χ1) is 7.43. The average molecular weight is 330 g/mol. The molecule has 1 saturated heterocycles. The van der Waals surface area contributed by atoms with Crippen LogP contribution in [0.3, 0.4) is 0 Å². The lowest BCUT2D eigenvalue weighted by molar-refractivity contribution is 0.466. The normalized spacial score (nSPS) is 22.8. The van der Waals surface area contributed by atoms with Crippen LogP contribution < -0.4 is 0 Å². The monoisotopic (exact) mass is 328 g/mol. The van der Waals surface area contributed by atoms with Gasteiger partial charge in [-0.15, -0.1) is 16.7 Å². The Morgan fingerprint density at radius 3 is 2.69 bits per heavy atom. The number of nitrogens with zero attached hydrogens (tertiary/aromatic N) is 4. The Hall–Kier alpha value is -0.180. The second-order valence-corrected chi connectivity index (χ2v) is 6.78. The van der Waals surface area contributed by atoms with Gasteiger partial charge in [0.05, 0.1) is 0 Å². The Morgan fingerprint density at radius 2 is 2.25 bits per heavy atom. The molecule has 0 aliphatic carbocycles. The molecule has 6 nitrogen and oxygen atoms in total. The van der Waals surface area contributed by atoms with E-state index in [-0.39, 0.29) is 15.0 Å². The fraction of sp³-hybridized carbons (Fsp3) is 0.714. The topological polar surface area (TPSA) is 68.1 Å². The van der Waals surface area contributed by atoms with Gasteiger partial charge in [0.15, 0.2) is 4.60 Å². The molecule has 2 heterocycles. The number of hydrogen-bond acceptors (Lipinski definition) is 4. The van der Waals surface area contributed by atoms with E-state index in [2.05, 4.69) is 26.2 Å². The number of halogens is 2. The fourth-order valence-corrected chi connectivity index (χ4v) is 4.50. The number of rotatable bonds is 2. The Kier molecular flexibility index (Phi) is 3.26. The molecule has 1 unspecified atom stereocenters. The first-order valence-corrected chi connectivity index (χ1v) is 7.29. The summed E-state index contributed by atoms with van der Waals surface area (Å²) in [5, 5.41) is 7.27. The highest BCUT2D eigenvalue weighted by Gasteiger charge is 2.35. The summed E-state index contributed by atoms with van der Waals surface area (Å²) in [6, 6.07) is 0. The van der Waals surface area contributed by atoms with Gasteiger partial charge in [-0.3, -0.25) is 0 Å². The van der Waals surface area contributed by atoms with Gasteiger partial charge in [-0.1, -0.05) is 5.21 Å². The van der Waals surface area contributed by atoms with Crippen molar-refractivity contribution in [1.29, 1.82) is 0 Å². The minimum atomic E-state index is -3.55. The Bertz CT molecular complexity index is 483. The summed E-state index contributed by atoms with van der Waals surface area (Å²) in [4.78, 5) is 0. The van der Waals surface area contributed by atoms with Crippen molar-refractivity contribution in [3.8, 4) is 0 Å². The molecule has 16 heavy (non-hydrogen) atoms. The van der Waals surface area contributed by atoms with Gasteiger partial charge in [-0.05, 0) is 22.4 Å². The maximum Gasteiger partial charge on any atom is 0.263 e. The second kappa shape index (κ2) is 4.25. The van der Waals surface area contributed by atoms with Crippen LogP contribution in [-0.2, 0) is 17.1 Å². The van der Waals surface area contributed by atoms with E-state index in [1.165, 1.54) is 8.99 Å². The van der Waals surface area contributed by atoms with E-state index in [4.69, 9.17) is 11.6 Å². The number of aromatic nitrogens is 3. The summed E-state index contributed by atoms with van der Waals surface area (Å²) >= 11 is 8.98. The van der Waals surface area contributed by atoms with Crippen LogP contribution in [0.15, 0.2) is 9.63 Å². The molecule has 0 spiro atoms. The standard InChI is InChI=1S/C7H10BrClN4O2S/c1-12-7(6(8)10-11-12)16(14,15)13-3-2-5(9)4-13/h5H,2-4H2,1H3. The van der Waals surface area contributed by atoms with Gasteiger partial charge in [-0.25, -0.2) is 13.1 Å². The molecule has 0 radical (unpaired) electrons. The van der Waals surface area contributed by atoms with Gasteiger partial charge < -0.3 is 0 Å². The van der Waals surface area contributed by atoms with Crippen molar-refractivity contribution in [3.05, 3.63) is 4.60 Å². The van der Waals surface area contributed by atoms with E-state index in [9.17, 15) is 8.42 Å². The molecule has 1 aromatic heterocycles.